The van der Waals surface area contributed by atoms with Gasteiger partial charge in [0.05, 0.1) is 5.69 Å². The van der Waals surface area contributed by atoms with E-state index in [4.69, 9.17) is 4.98 Å². The number of hydrogen-bond donors (Lipinski definition) is 0. The van der Waals surface area contributed by atoms with Crippen molar-refractivity contribution in [1.82, 2.24) is 9.38 Å². The highest BCUT2D eigenvalue weighted by Gasteiger charge is 2.12. The fourth-order valence-electron chi connectivity index (χ4n) is 3.58. The summed E-state index contributed by atoms with van der Waals surface area (Å²) in [4.78, 5) is 4.99. The Morgan fingerprint density at radius 1 is 0.607 bits per heavy atom. The van der Waals surface area contributed by atoms with E-state index >= 15 is 0 Å². The minimum absolute atomic E-state index is 0.974. The van der Waals surface area contributed by atoms with Crippen LogP contribution in [0.3, 0.4) is 0 Å². The third-order valence-corrected chi connectivity index (χ3v) is 5.09. The molecule has 0 saturated heterocycles. The summed E-state index contributed by atoms with van der Waals surface area (Å²) in [7, 11) is 0. The zero-order valence-corrected chi connectivity index (χ0v) is 15.7. The standard InChI is InChI=1S/C26H20N2/c1-19-12-14-22(15-13-19)25-18-28-17-23(20-8-4-2-5-9-20)16-24(26(28)27-25)21-10-6-3-7-11-21/h2-18H,1H3. The molecule has 0 N–H and O–H groups in total. The highest BCUT2D eigenvalue weighted by molar-refractivity contribution is 5.84. The Kier molecular flexibility index (Phi) is 4.02. The lowest BCUT2D eigenvalue weighted by Crippen LogP contribution is -1.90. The monoisotopic (exact) mass is 360 g/mol. The van der Waals surface area contributed by atoms with Crippen molar-refractivity contribution in [3.8, 4) is 33.5 Å². The maximum atomic E-state index is 4.99. The van der Waals surface area contributed by atoms with E-state index in [2.05, 4.69) is 103 Å². The highest BCUT2D eigenvalue weighted by Crippen LogP contribution is 2.31. The van der Waals surface area contributed by atoms with Crippen LogP contribution in [0.4, 0.5) is 0 Å². The summed E-state index contributed by atoms with van der Waals surface area (Å²) in [6, 6.07) is 31.8. The van der Waals surface area contributed by atoms with E-state index in [1.165, 1.54) is 22.3 Å². The van der Waals surface area contributed by atoms with Crippen molar-refractivity contribution in [3.63, 3.8) is 0 Å². The molecule has 0 aliphatic rings. The molecular weight excluding hydrogens is 340 g/mol. The molecule has 0 unspecified atom stereocenters. The second-order valence-corrected chi connectivity index (χ2v) is 7.10. The summed E-state index contributed by atoms with van der Waals surface area (Å²) in [5.74, 6) is 0. The van der Waals surface area contributed by atoms with E-state index in [-0.39, 0.29) is 0 Å². The van der Waals surface area contributed by atoms with Crippen LogP contribution in [-0.4, -0.2) is 9.38 Å². The minimum Gasteiger partial charge on any atom is -0.305 e. The summed E-state index contributed by atoms with van der Waals surface area (Å²) >= 11 is 0. The molecule has 2 nitrogen and oxygen atoms in total. The normalized spacial score (nSPS) is 11.0. The average molecular weight is 360 g/mol. The molecule has 0 aliphatic carbocycles. The molecule has 0 amide bonds. The summed E-state index contributed by atoms with van der Waals surface area (Å²) in [6.45, 7) is 2.10. The average Bonchev–Trinajstić information content (AvgIpc) is 3.19. The molecule has 2 heteroatoms. The largest absolute Gasteiger partial charge is 0.305 e. The Hall–Kier alpha value is -3.65. The second-order valence-electron chi connectivity index (χ2n) is 7.10. The maximum Gasteiger partial charge on any atom is 0.145 e. The first-order valence-corrected chi connectivity index (χ1v) is 9.48. The predicted octanol–water partition coefficient (Wildman–Crippen LogP) is 6.64. The molecule has 0 radical (unpaired) electrons. The van der Waals surface area contributed by atoms with Gasteiger partial charge < -0.3 is 4.40 Å². The number of pyridine rings is 1. The maximum absolute atomic E-state index is 4.99. The van der Waals surface area contributed by atoms with E-state index in [0.29, 0.717) is 0 Å². The van der Waals surface area contributed by atoms with Gasteiger partial charge in [0.1, 0.15) is 5.65 Å². The summed E-state index contributed by atoms with van der Waals surface area (Å²) in [5, 5.41) is 0. The van der Waals surface area contributed by atoms with Crippen molar-refractivity contribution in [2.75, 3.05) is 0 Å². The number of benzene rings is 3. The van der Waals surface area contributed by atoms with Crippen LogP contribution in [-0.2, 0) is 0 Å². The first-order valence-electron chi connectivity index (χ1n) is 9.48. The van der Waals surface area contributed by atoms with Crippen LogP contribution in [0.25, 0.3) is 39.2 Å². The second kappa shape index (κ2) is 6.82. The van der Waals surface area contributed by atoms with Gasteiger partial charge in [-0.25, -0.2) is 4.98 Å². The number of rotatable bonds is 3. The summed E-state index contributed by atoms with van der Waals surface area (Å²) in [6.07, 6.45) is 4.29. The topological polar surface area (TPSA) is 17.3 Å². The van der Waals surface area contributed by atoms with Crippen molar-refractivity contribution >= 4 is 5.65 Å². The number of nitrogens with zero attached hydrogens (tertiary/aromatic N) is 2. The first kappa shape index (κ1) is 16.5. The van der Waals surface area contributed by atoms with Crippen LogP contribution in [0.2, 0.25) is 0 Å². The minimum atomic E-state index is 0.974. The van der Waals surface area contributed by atoms with E-state index < -0.39 is 0 Å². The molecule has 5 rings (SSSR count). The molecule has 2 aromatic heterocycles. The Bertz CT molecular complexity index is 1230. The van der Waals surface area contributed by atoms with Crippen LogP contribution in [0.5, 0.6) is 0 Å². The smallest absolute Gasteiger partial charge is 0.145 e. The van der Waals surface area contributed by atoms with Crippen LogP contribution in [0, 0.1) is 6.92 Å². The van der Waals surface area contributed by atoms with Crippen LogP contribution in [0.15, 0.2) is 103 Å². The Morgan fingerprint density at radius 3 is 1.93 bits per heavy atom. The quantitative estimate of drug-likeness (QED) is 0.352. The number of imidazole rings is 1. The van der Waals surface area contributed by atoms with Gasteiger partial charge in [-0.2, -0.15) is 0 Å². The third kappa shape index (κ3) is 2.99. The lowest BCUT2D eigenvalue weighted by atomic mass is 10.0. The predicted molar refractivity (Wildman–Crippen MR) is 116 cm³/mol. The van der Waals surface area contributed by atoms with Gasteiger partial charge in [0.15, 0.2) is 0 Å². The van der Waals surface area contributed by atoms with Crippen LogP contribution >= 0.6 is 0 Å². The van der Waals surface area contributed by atoms with E-state index in [1.807, 2.05) is 12.1 Å². The number of fused-ring (bicyclic) bond motifs is 1. The van der Waals surface area contributed by atoms with Gasteiger partial charge in [-0.05, 0) is 29.7 Å². The fraction of sp³-hybridized carbons (Fsp3) is 0.0385. The van der Waals surface area contributed by atoms with Crippen molar-refractivity contribution in [2.24, 2.45) is 0 Å². The zero-order chi connectivity index (χ0) is 18.9. The molecule has 0 fully saturated rings. The molecule has 134 valence electrons. The number of hydrogen-bond acceptors (Lipinski definition) is 1. The Labute approximate surface area is 164 Å². The summed E-state index contributed by atoms with van der Waals surface area (Å²) < 4.78 is 2.15. The van der Waals surface area contributed by atoms with Crippen molar-refractivity contribution in [3.05, 3.63) is 109 Å². The van der Waals surface area contributed by atoms with Gasteiger partial charge in [-0.3, -0.25) is 0 Å². The molecular formula is C26H20N2. The molecule has 2 heterocycles. The number of aromatic nitrogens is 2. The van der Waals surface area contributed by atoms with Crippen molar-refractivity contribution in [2.45, 2.75) is 6.92 Å². The lowest BCUT2D eigenvalue weighted by molar-refractivity contribution is 1.19. The van der Waals surface area contributed by atoms with Gasteiger partial charge in [0, 0.05) is 23.5 Å². The molecule has 0 spiro atoms. The number of aryl methyl sites for hydroxylation is 1. The fourth-order valence-corrected chi connectivity index (χ4v) is 3.58. The van der Waals surface area contributed by atoms with Crippen molar-refractivity contribution < 1.29 is 0 Å². The zero-order valence-electron chi connectivity index (χ0n) is 15.7. The van der Waals surface area contributed by atoms with Crippen LogP contribution in [0.1, 0.15) is 5.56 Å². The Morgan fingerprint density at radius 2 is 1.25 bits per heavy atom. The van der Waals surface area contributed by atoms with E-state index in [1.54, 1.807) is 0 Å². The Balaban J connectivity index is 1.75. The van der Waals surface area contributed by atoms with E-state index in [9.17, 15) is 0 Å². The van der Waals surface area contributed by atoms with Gasteiger partial charge >= 0.3 is 0 Å². The molecule has 28 heavy (non-hydrogen) atoms. The SMILES string of the molecule is Cc1ccc(-c2cn3cc(-c4ccccc4)cc(-c4ccccc4)c3n2)cc1. The van der Waals surface area contributed by atoms with Gasteiger partial charge in [-0.1, -0.05) is 90.5 Å². The highest BCUT2D eigenvalue weighted by atomic mass is 15.0. The molecule has 0 saturated carbocycles. The van der Waals surface area contributed by atoms with Crippen molar-refractivity contribution in [1.29, 1.82) is 0 Å². The first-order chi connectivity index (χ1) is 13.8. The lowest BCUT2D eigenvalue weighted by Gasteiger charge is -2.09. The summed E-state index contributed by atoms with van der Waals surface area (Å²) in [5.41, 5.74) is 9.04. The van der Waals surface area contributed by atoms with Gasteiger partial charge in [0.25, 0.3) is 0 Å². The molecule has 3 aromatic carbocycles. The third-order valence-electron chi connectivity index (χ3n) is 5.09. The van der Waals surface area contributed by atoms with Gasteiger partial charge in [0.2, 0.25) is 0 Å². The molecule has 0 bridgehead atoms. The molecule has 0 aliphatic heterocycles. The molecule has 0 atom stereocenters. The van der Waals surface area contributed by atoms with Gasteiger partial charge in [-0.15, -0.1) is 0 Å². The van der Waals surface area contributed by atoms with E-state index in [0.717, 1.165) is 22.5 Å². The molecule has 5 aromatic rings. The van der Waals surface area contributed by atoms with Crippen LogP contribution < -0.4 is 0 Å².